The summed E-state index contributed by atoms with van der Waals surface area (Å²) in [4.78, 5) is 16.2. The molecule has 1 aliphatic rings. The number of carbonyl (C=O) groups is 1. The highest BCUT2D eigenvalue weighted by Crippen LogP contribution is 2.27. The summed E-state index contributed by atoms with van der Waals surface area (Å²) in [7, 11) is 3.38. The van der Waals surface area contributed by atoms with Gasteiger partial charge in [0.2, 0.25) is 5.91 Å². The third kappa shape index (κ3) is 7.14. The maximum atomic E-state index is 11.9. The van der Waals surface area contributed by atoms with Crippen molar-refractivity contribution < 1.29 is 9.53 Å². The topological polar surface area (TPSA) is 74.8 Å². The molecule has 158 valence electrons. The van der Waals surface area contributed by atoms with Crippen molar-refractivity contribution in [3.05, 3.63) is 29.3 Å². The van der Waals surface area contributed by atoms with Gasteiger partial charge in [-0.2, -0.15) is 0 Å². The Labute approximate surface area is 186 Å². The van der Waals surface area contributed by atoms with Gasteiger partial charge in [0.25, 0.3) is 0 Å². The normalized spacial score (nSPS) is 15.0. The van der Waals surface area contributed by atoms with Gasteiger partial charge >= 0.3 is 0 Å². The summed E-state index contributed by atoms with van der Waals surface area (Å²) >= 11 is 0. The van der Waals surface area contributed by atoms with Crippen molar-refractivity contribution in [1.29, 1.82) is 0 Å². The number of carbonyl (C=O) groups excluding carboxylic acids is 1. The minimum atomic E-state index is -0.521. The fourth-order valence-corrected chi connectivity index (χ4v) is 3.23. The monoisotopic (exact) mass is 502 g/mol. The number of rotatable bonds is 7. The van der Waals surface area contributed by atoms with E-state index in [4.69, 9.17) is 4.74 Å². The zero-order valence-corrected chi connectivity index (χ0v) is 20.1. The highest BCUT2D eigenvalue weighted by atomic mass is 127. The molecule has 7 heteroatoms. The molecule has 1 fully saturated rings. The molecule has 0 bridgehead atoms. The van der Waals surface area contributed by atoms with Crippen LogP contribution in [-0.4, -0.2) is 38.6 Å². The van der Waals surface area contributed by atoms with Crippen LogP contribution in [0.5, 0.6) is 5.75 Å². The molecule has 1 aromatic rings. The molecule has 0 radical (unpaired) electrons. The highest BCUT2D eigenvalue weighted by molar-refractivity contribution is 14.0. The molecule has 6 nitrogen and oxygen atoms in total. The van der Waals surface area contributed by atoms with E-state index in [2.05, 4.69) is 46.1 Å². The lowest BCUT2D eigenvalue weighted by atomic mass is 9.92. The van der Waals surface area contributed by atoms with Gasteiger partial charge in [0.05, 0.1) is 11.5 Å². The first-order valence-electron chi connectivity index (χ1n) is 9.78. The number of hydrogen-bond donors (Lipinski definition) is 3. The number of nitrogens with zero attached hydrogens (tertiary/aromatic N) is 1. The van der Waals surface area contributed by atoms with Gasteiger partial charge in [-0.1, -0.05) is 12.1 Å². The number of guanidine groups is 1. The van der Waals surface area contributed by atoms with E-state index in [0.717, 1.165) is 24.2 Å². The summed E-state index contributed by atoms with van der Waals surface area (Å²) in [5, 5.41) is 9.26. The smallest absolute Gasteiger partial charge is 0.227 e. The number of ether oxygens (including phenoxy) is 1. The molecule has 0 unspecified atom stereocenters. The van der Waals surface area contributed by atoms with Gasteiger partial charge in [-0.15, -0.1) is 24.0 Å². The first-order chi connectivity index (χ1) is 12.9. The first-order valence-corrected chi connectivity index (χ1v) is 9.78. The minimum Gasteiger partial charge on any atom is -0.490 e. The molecule has 2 rings (SSSR count). The predicted molar refractivity (Wildman–Crippen MR) is 126 cm³/mol. The lowest BCUT2D eigenvalue weighted by molar-refractivity contribution is -0.128. The molecule has 1 aromatic carbocycles. The van der Waals surface area contributed by atoms with E-state index in [9.17, 15) is 4.79 Å². The highest BCUT2D eigenvalue weighted by Gasteiger charge is 2.26. The number of amides is 1. The molecule has 28 heavy (non-hydrogen) atoms. The lowest BCUT2D eigenvalue weighted by Gasteiger charge is -2.24. The van der Waals surface area contributed by atoms with Gasteiger partial charge in [-0.3, -0.25) is 9.79 Å². The molecule has 0 aliphatic heterocycles. The summed E-state index contributed by atoms with van der Waals surface area (Å²) in [6.45, 7) is 6.99. The molecule has 0 spiro atoms. The quantitative estimate of drug-likeness (QED) is 0.304. The van der Waals surface area contributed by atoms with E-state index in [0.29, 0.717) is 25.2 Å². The third-order valence-corrected chi connectivity index (χ3v) is 5.03. The maximum Gasteiger partial charge on any atom is 0.227 e. The fraction of sp³-hybridized carbons (Fsp3) is 0.619. The average molecular weight is 502 g/mol. The van der Waals surface area contributed by atoms with Gasteiger partial charge in [-0.05, 0) is 58.1 Å². The van der Waals surface area contributed by atoms with E-state index in [1.807, 2.05) is 13.8 Å². The third-order valence-electron chi connectivity index (χ3n) is 5.03. The van der Waals surface area contributed by atoms with Gasteiger partial charge in [0.15, 0.2) is 5.96 Å². The minimum absolute atomic E-state index is 0. The molecule has 0 atom stereocenters. The first kappa shape index (κ1) is 24.5. The van der Waals surface area contributed by atoms with Crippen molar-refractivity contribution in [2.24, 2.45) is 10.4 Å². The Hall–Kier alpha value is -1.51. The molecule has 0 saturated heterocycles. The molecule has 0 heterocycles. The molecule has 3 N–H and O–H groups in total. The van der Waals surface area contributed by atoms with E-state index in [-0.39, 0.29) is 29.9 Å². The Balaban J connectivity index is 0.00000392. The number of halogens is 1. The largest absolute Gasteiger partial charge is 0.490 e. The summed E-state index contributed by atoms with van der Waals surface area (Å²) in [6.07, 6.45) is 5.11. The zero-order valence-electron chi connectivity index (χ0n) is 17.7. The van der Waals surface area contributed by atoms with Crippen LogP contribution >= 0.6 is 24.0 Å². The lowest BCUT2D eigenvalue weighted by Crippen LogP contribution is -2.47. The Bertz CT molecular complexity index is 670. The van der Waals surface area contributed by atoms with Crippen molar-refractivity contribution in [1.82, 2.24) is 16.0 Å². The van der Waals surface area contributed by atoms with Crippen molar-refractivity contribution >= 4 is 35.8 Å². The second kappa shape index (κ2) is 11.5. The Morgan fingerprint density at radius 1 is 1.25 bits per heavy atom. The predicted octanol–water partition coefficient (Wildman–Crippen LogP) is 3.37. The second-order valence-corrected chi connectivity index (χ2v) is 7.88. The van der Waals surface area contributed by atoms with E-state index >= 15 is 0 Å². The van der Waals surface area contributed by atoms with E-state index in [1.54, 1.807) is 14.1 Å². The second-order valence-electron chi connectivity index (χ2n) is 7.88. The van der Waals surface area contributed by atoms with Gasteiger partial charge in [0.1, 0.15) is 5.75 Å². The maximum absolute atomic E-state index is 11.9. The van der Waals surface area contributed by atoms with E-state index in [1.165, 1.54) is 18.4 Å². The fourth-order valence-electron chi connectivity index (χ4n) is 3.23. The number of nitrogens with one attached hydrogen (secondary N) is 3. The molecule has 1 aliphatic carbocycles. The summed E-state index contributed by atoms with van der Waals surface area (Å²) in [5.74, 6) is 1.62. The van der Waals surface area contributed by atoms with Crippen LogP contribution in [-0.2, 0) is 11.3 Å². The summed E-state index contributed by atoms with van der Waals surface area (Å²) in [5.41, 5.74) is 1.79. The van der Waals surface area contributed by atoms with Crippen LogP contribution in [0.1, 0.15) is 50.7 Å². The van der Waals surface area contributed by atoms with Crippen LogP contribution in [0.15, 0.2) is 23.2 Å². The molecular weight excluding hydrogens is 467 g/mol. The standard InChI is InChI=1S/C21H34N4O2.HI/c1-15-10-11-16(18(12-15)27-17-8-6-7-9-17)13-24-20(23-5)25-14-21(2,3)19(26)22-4;/h10-12,17H,6-9,13-14H2,1-5H3,(H,22,26)(H2,23,24,25);1H. The number of aryl methyl sites for hydroxylation is 1. The van der Waals surface area contributed by atoms with Crippen molar-refractivity contribution in [3.8, 4) is 5.75 Å². The molecule has 0 aromatic heterocycles. The van der Waals surface area contributed by atoms with Crippen LogP contribution in [0.2, 0.25) is 0 Å². The van der Waals surface area contributed by atoms with Gasteiger partial charge in [0, 0.05) is 32.7 Å². The molecular formula is C21H35IN4O2. The number of benzene rings is 1. The zero-order chi connectivity index (χ0) is 19.9. The van der Waals surface area contributed by atoms with E-state index < -0.39 is 5.41 Å². The Kier molecular flexibility index (Phi) is 10.1. The average Bonchev–Trinajstić information content (AvgIpc) is 3.15. The number of hydrogen-bond acceptors (Lipinski definition) is 3. The summed E-state index contributed by atoms with van der Waals surface area (Å²) in [6, 6.07) is 6.32. The Morgan fingerprint density at radius 3 is 2.54 bits per heavy atom. The van der Waals surface area contributed by atoms with Crippen molar-refractivity contribution in [2.75, 3.05) is 20.6 Å². The van der Waals surface area contributed by atoms with Crippen LogP contribution in [0, 0.1) is 12.3 Å². The number of aliphatic imine (C=N–C) groups is 1. The Morgan fingerprint density at radius 2 is 1.93 bits per heavy atom. The molecule has 1 saturated carbocycles. The summed E-state index contributed by atoms with van der Waals surface area (Å²) < 4.78 is 6.26. The molecule has 1 amide bonds. The van der Waals surface area contributed by atoms with Crippen molar-refractivity contribution in [2.45, 2.75) is 59.1 Å². The van der Waals surface area contributed by atoms with Crippen LogP contribution in [0.4, 0.5) is 0 Å². The van der Waals surface area contributed by atoms with Gasteiger partial charge < -0.3 is 20.7 Å². The van der Waals surface area contributed by atoms with Crippen LogP contribution < -0.4 is 20.7 Å². The van der Waals surface area contributed by atoms with Crippen molar-refractivity contribution in [3.63, 3.8) is 0 Å². The van der Waals surface area contributed by atoms with Gasteiger partial charge in [-0.25, -0.2) is 0 Å². The van der Waals surface area contributed by atoms with Crippen LogP contribution in [0.3, 0.4) is 0 Å². The van der Waals surface area contributed by atoms with Crippen LogP contribution in [0.25, 0.3) is 0 Å². The SMILES string of the molecule is CN=C(NCc1ccc(C)cc1OC1CCCC1)NCC(C)(C)C(=O)NC.I.